The summed E-state index contributed by atoms with van der Waals surface area (Å²) < 4.78 is 43.2. The summed E-state index contributed by atoms with van der Waals surface area (Å²) in [7, 11) is -3.82. The highest BCUT2D eigenvalue weighted by Gasteiger charge is 2.22. The zero-order valence-corrected chi connectivity index (χ0v) is 18.5. The molecule has 0 fully saturated rings. The van der Waals surface area contributed by atoms with Gasteiger partial charge in [-0.05, 0) is 41.6 Å². The van der Waals surface area contributed by atoms with E-state index in [0.717, 1.165) is 22.9 Å². The Labute approximate surface area is 183 Å². The average molecular weight is 463 g/mol. The minimum absolute atomic E-state index is 0.115. The molecule has 1 aromatic carbocycles. The quantitative estimate of drug-likeness (QED) is 0.526. The third kappa shape index (κ3) is 4.73. The van der Waals surface area contributed by atoms with Crippen LogP contribution in [0.25, 0.3) is 5.69 Å². The number of nitrogens with zero attached hydrogens (tertiary/aromatic N) is 6. The normalized spacial score (nSPS) is 11.7. The number of carbonyl (C=O) groups excluding carboxylic acids is 1. The highest BCUT2D eigenvalue weighted by molar-refractivity contribution is 7.89. The maximum Gasteiger partial charge on any atom is 0.251 e. The number of benzene rings is 1. The van der Waals surface area contributed by atoms with Crippen LogP contribution in [-0.2, 0) is 21.4 Å². The molecular weight excluding hydrogens is 441 g/mol. The Balaban J connectivity index is 1.84. The summed E-state index contributed by atoms with van der Waals surface area (Å²) in [6.07, 6.45) is 1.10. The van der Waals surface area contributed by atoms with Gasteiger partial charge in [0.05, 0.1) is 16.3 Å². The van der Waals surface area contributed by atoms with Gasteiger partial charge in [-0.25, -0.2) is 12.8 Å². The Hall–Kier alpha value is -3.45. The second-order valence-corrected chi connectivity index (χ2v) is 8.71. The lowest BCUT2D eigenvalue weighted by molar-refractivity contribution is -0.116. The van der Waals surface area contributed by atoms with Gasteiger partial charge in [0.2, 0.25) is 15.9 Å². The van der Waals surface area contributed by atoms with Crippen LogP contribution in [0, 0.1) is 12.7 Å². The van der Waals surface area contributed by atoms with Gasteiger partial charge in [-0.15, -0.1) is 5.10 Å². The number of aryl methyl sites for hydroxylation is 1. The van der Waals surface area contributed by atoms with Crippen molar-refractivity contribution < 1.29 is 17.6 Å². The third-order valence-corrected chi connectivity index (χ3v) is 6.74. The summed E-state index contributed by atoms with van der Waals surface area (Å²) in [6, 6.07) is 6.21. The molecule has 0 saturated heterocycles. The van der Waals surface area contributed by atoms with Gasteiger partial charge < -0.3 is 9.88 Å². The zero-order chi connectivity index (χ0) is 23.5. The van der Waals surface area contributed by atoms with Crippen LogP contribution in [0.5, 0.6) is 0 Å². The number of hydrogen-bond donors (Lipinski definition) is 1. The van der Waals surface area contributed by atoms with Crippen LogP contribution < -0.4 is 10.9 Å². The molecule has 0 radical (unpaired) electrons. The number of aromatic nitrogens is 5. The van der Waals surface area contributed by atoms with Crippen molar-refractivity contribution in [3.63, 3.8) is 0 Å². The Morgan fingerprint density at radius 2 is 1.91 bits per heavy atom. The molecule has 0 saturated carbocycles. The molecule has 2 aromatic heterocycles. The van der Waals surface area contributed by atoms with Crippen LogP contribution in [0.1, 0.15) is 19.7 Å². The molecule has 0 aliphatic rings. The van der Waals surface area contributed by atoms with Gasteiger partial charge in [0.25, 0.3) is 5.56 Å². The first kappa shape index (κ1) is 23.2. The molecule has 0 atom stereocenters. The monoisotopic (exact) mass is 463 g/mol. The lowest BCUT2D eigenvalue weighted by Crippen LogP contribution is -2.33. The van der Waals surface area contributed by atoms with E-state index >= 15 is 0 Å². The molecule has 0 aliphatic heterocycles. The largest absolute Gasteiger partial charge is 0.322 e. The summed E-state index contributed by atoms with van der Waals surface area (Å²) in [6.45, 7) is 5.07. The number of halogens is 1. The van der Waals surface area contributed by atoms with Crippen molar-refractivity contribution in [1.82, 2.24) is 29.1 Å². The summed E-state index contributed by atoms with van der Waals surface area (Å²) in [5.74, 6) is -0.946. The lowest BCUT2D eigenvalue weighted by Gasteiger charge is -2.19. The van der Waals surface area contributed by atoms with E-state index < -0.39 is 33.9 Å². The van der Waals surface area contributed by atoms with E-state index in [-0.39, 0.29) is 23.7 Å². The van der Waals surface area contributed by atoms with Crippen molar-refractivity contribution in [1.29, 1.82) is 0 Å². The van der Waals surface area contributed by atoms with Gasteiger partial charge in [0, 0.05) is 25.4 Å². The first-order valence-electron chi connectivity index (χ1n) is 9.72. The number of amides is 1. The van der Waals surface area contributed by atoms with E-state index in [9.17, 15) is 22.4 Å². The topological polar surface area (TPSA) is 132 Å². The Bertz CT molecular complexity index is 1300. The summed E-state index contributed by atoms with van der Waals surface area (Å²) in [5.41, 5.74) is -0.284. The van der Waals surface area contributed by atoms with Crippen LogP contribution in [0.3, 0.4) is 0 Å². The SMILES string of the molecule is CCN(CC)S(=O)(=O)c1ccc(=O)n(CC(=O)Nc2cc(-n3nnnc3C)ccc2F)c1. The van der Waals surface area contributed by atoms with Crippen LogP contribution in [0.2, 0.25) is 0 Å². The van der Waals surface area contributed by atoms with E-state index in [4.69, 9.17) is 0 Å². The number of sulfonamides is 1. The number of rotatable bonds is 8. The van der Waals surface area contributed by atoms with Crippen molar-refractivity contribution in [2.75, 3.05) is 18.4 Å². The predicted octanol–water partition coefficient (Wildman–Crippen LogP) is 0.941. The summed E-state index contributed by atoms with van der Waals surface area (Å²) in [5, 5.41) is 13.5. The van der Waals surface area contributed by atoms with E-state index in [1.807, 2.05) is 0 Å². The zero-order valence-electron chi connectivity index (χ0n) is 17.7. The first-order chi connectivity index (χ1) is 15.2. The molecule has 170 valence electrons. The van der Waals surface area contributed by atoms with Gasteiger partial charge in [-0.1, -0.05) is 13.8 Å². The second-order valence-electron chi connectivity index (χ2n) is 6.77. The molecule has 0 unspecified atom stereocenters. The number of hydrogen-bond acceptors (Lipinski definition) is 7. The Morgan fingerprint density at radius 3 is 2.53 bits per heavy atom. The molecule has 32 heavy (non-hydrogen) atoms. The standard InChI is InChI=1S/C19H22FN7O4S/c1-4-26(5-2)32(30,31)15-7-9-19(29)25(11-15)12-18(28)21-17-10-14(6-8-16(17)20)27-13(3)22-23-24-27/h6-11H,4-5,12H2,1-3H3,(H,21,28). The number of carbonyl (C=O) groups is 1. The molecule has 0 spiro atoms. The van der Waals surface area contributed by atoms with E-state index in [1.165, 1.54) is 27.2 Å². The van der Waals surface area contributed by atoms with E-state index in [0.29, 0.717) is 11.5 Å². The maximum absolute atomic E-state index is 14.2. The molecule has 1 amide bonds. The van der Waals surface area contributed by atoms with Crippen LogP contribution in [0.4, 0.5) is 10.1 Å². The van der Waals surface area contributed by atoms with Gasteiger partial charge in [0.1, 0.15) is 12.4 Å². The molecule has 2 heterocycles. The molecule has 11 nitrogen and oxygen atoms in total. The number of nitrogens with one attached hydrogen (secondary N) is 1. The first-order valence-corrected chi connectivity index (χ1v) is 11.2. The summed E-state index contributed by atoms with van der Waals surface area (Å²) >= 11 is 0. The molecule has 3 aromatic rings. The Kier molecular flexibility index (Phi) is 6.79. The molecule has 0 aliphatic carbocycles. The van der Waals surface area contributed by atoms with Crippen molar-refractivity contribution >= 4 is 21.6 Å². The highest BCUT2D eigenvalue weighted by Crippen LogP contribution is 2.19. The van der Waals surface area contributed by atoms with E-state index in [2.05, 4.69) is 20.8 Å². The predicted molar refractivity (Wildman–Crippen MR) is 113 cm³/mol. The van der Waals surface area contributed by atoms with E-state index in [1.54, 1.807) is 20.8 Å². The van der Waals surface area contributed by atoms with Gasteiger partial charge in [0.15, 0.2) is 5.82 Å². The molecule has 3 rings (SSSR count). The second kappa shape index (κ2) is 9.36. The highest BCUT2D eigenvalue weighted by atomic mass is 32.2. The molecule has 13 heteroatoms. The fourth-order valence-electron chi connectivity index (χ4n) is 3.05. The van der Waals surface area contributed by atoms with Gasteiger partial charge in [-0.3, -0.25) is 9.59 Å². The van der Waals surface area contributed by atoms with Crippen LogP contribution in [-0.4, -0.2) is 56.5 Å². The van der Waals surface area contributed by atoms with Gasteiger partial charge in [-0.2, -0.15) is 8.99 Å². The number of pyridine rings is 1. The average Bonchev–Trinajstić information content (AvgIpc) is 3.17. The molecular formula is C19H22FN7O4S. The minimum atomic E-state index is -3.82. The number of anilines is 1. The fourth-order valence-corrected chi connectivity index (χ4v) is 4.53. The number of tetrazole rings is 1. The van der Waals surface area contributed by atoms with Crippen molar-refractivity contribution in [2.24, 2.45) is 0 Å². The van der Waals surface area contributed by atoms with Crippen LogP contribution in [0.15, 0.2) is 46.2 Å². The smallest absolute Gasteiger partial charge is 0.251 e. The lowest BCUT2D eigenvalue weighted by atomic mass is 10.2. The van der Waals surface area contributed by atoms with Gasteiger partial charge >= 0.3 is 0 Å². The van der Waals surface area contributed by atoms with Crippen molar-refractivity contribution in [2.45, 2.75) is 32.2 Å². The molecule has 0 bridgehead atoms. The maximum atomic E-state index is 14.2. The van der Waals surface area contributed by atoms with Crippen molar-refractivity contribution in [3.8, 4) is 5.69 Å². The summed E-state index contributed by atoms with van der Waals surface area (Å²) in [4.78, 5) is 24.6. The molecule has 1 N–H and O–H groups in total. The third-order valence-electron chi connectivity index (χ3n) is 4.71. The van der Waals surface area contributed by atoms with Crippen LogP contribution >= 0.6 is 0 Å². The Morgan fingerprint density at radius 1 is 1.19 bits per heavy atom. The van der Waals surface area contributed by atoms with Crippen molar-refractivity contribution in [3.05, 3.63) is 58.5 Å². The fraction of sp³-hybridized carbons (Fsp3) is 0.316. The minimum Gasteiger partial charge on any atom is -0.322 e.